The lowest BCUT2D eigenvalue weighted by molar-refractivity contribution is -0.0104. The summed E-state index contributed by atoms with van der Waals surface area (Å²) in [5.74, 6) is 1.66. The maximum absolute atomic E-state index is 5.74. The van der Waals surface area contributed by atoms with Crippen LogP contribution in [0.4, 0.5) is 5.13 Å². The number of anilines is 1. The lowest BCUT2D eigenvalue weighted by Crippen LogP contribution is -2.49. The minimum Gasteiger partial charge on any atom is -0.370 e. The maximum atomic E-state index is 5.74. The smallest absolute Gasteiger partial charge is 0.205 e. The molecule has 1 aromatic heterocycles. The number of hydrogen-bond acceptors (Lipinski definition) is 6. The SMILES string of the molecule is CC1CN(c2nc(C3CC3)ns2)CC(CN)O1. The highest BCUT2D eigenvalue weighted by Gasteiger charge is 2.30. The number of nitrogens with two attached hydrogens (primary N) is 1. The lowest BCUT2D eigenvalue weighted by Gasteiger charge is -2.35. The molecule has 94 valence electrons. The van der Waals surface area contributed by atoms with Crippen molar-refractivity contribution in [3.05, 3.63) is 5.82 Å². The molecule has 0 radical (unpaired) electrons. The van der Waals surface area contributed by atoms with Gasteiger partial charge in [-0.1, -0.05) is 0 Å². The topological polar surface area (TPSA) is 64.3 Å². The summed E-state index contributed by atoms with van der Waals surface area (Å²) < 4.78 is 10.2. The van der Waals surface area contributed by atoms with E-state index in [0.29, 0.717) is 12.5 Å². The molecule has 0 bridgehead atoms. The van der Waals surface area contributed by atoms with Gasteiger partial charge in [-0.2, -0.15) is 4.37 Å². The summed E-state index contributed by atoms with van der Waals surface area (Å²) in [7, 11) is 0. The van der Waals surface area contributed by atoms with Gasteiger partial charge in [0.25, 0.3) is 0 Å². The molecule has 17 heavy (non-hydrogen) atoms. The van der Waals surface area contributed by atoms with Crippen molar-refractivity contribution in [2.45, 2.75) is 37.9 Å². The Balaban J connectivity index is 1.72. The Kier molecular flexibility index (Phi) is 3.02. The highest BCUT2D eigenvalue weighted by molar-refractivity contribution is 7.09. The first-order chi connectivity index (χ1) is 8.26. The average molecular weight is 254 g/mol. The Morgan fingerprint density at radius 3 is 3.00 bits per heavy atom. The molecule has 0 spiro atoms. The molecule has 1 aromatic rings. The average Bonchev–Trinajstić information content (AvgIpc) is 3.06. The maximum Gasteiger partial charge on any atom is 0.205 e. The van der Waals surface area contributed by atoms with E-state index in [2.05, 4.69) is 21.2 Å². The fourth-order valence-corrected chi connectivity index (χ4v) is 2.96. The predicted molar refractivity (Wildman–Crippen MR) is 67.5 cm³/mol. The molecular formula is C11H18N4OS. The number of morpholine rings is 1. The number of rotatable bonds is 3. The zero-order valence-electron chi connectivity index (χ0n) is 10.0. The molecule has 6 heteroatoms. The summed E-state index contributed by atoms with van der Waals surface area (Å²) in [5, 5.41) is 1.03. The minimum absolute atomic E-state index is 0.118. The van der Waals surface area contributed by atoms with Gasteiger partial charge in [0.15, 0.2) is 0 Å². The second-order valence-corrected chi connectivity index (χ2v) is 5.65. The zero-order valence-corrected chi connectivity index (χ0v) is 10.8. The molecule has 5 nitrogen and oxygen atoms in total. The van der Waals surface area contributed by atoms with Crippen LogP contribution in [0.25, 0.3) is 0 Å². The quantitative estimate of drug-likeness (QED) is 0.870. The van der Waals surface area contributed by atoms with Gasteiger partial charge in [-0.25, -0.2) is 4.98 Å². The normalized spacial score (nSPS) is 29.6. The summed E-state index contributed by atoms with van der Waals surface area (Å²) >= 11 is 1.51. The third-order valence-corrected chi connectivity index (χ3v) is 4.02. The van der Waals surface area contributed by atoms with E-state index in [1.54, 1.807) is 0 Å². The number of hydrogen-bond donors (Lipinski definition) is 1. The van der Waals surface area contributed by atoms with Crippen molar-refractivity contribution in [1.82, 2.24) is 9.36 Å². The van der Waals surface area contributed by atoms with Crippen molar-refractivity contribution >= 4 is 16.7 Å². The van der Waals surface area contributed by atoms with Crippen molar-refractivity contribution in [2.75, 3.05) is 24.5 Å². The summed E-state index contributed by atoms with van der Waals surface area (Å²) in [6.07, 6.45) is 2.83. The van der Waals surface area contributed by atoms with Crippen LogP contribution in [-0.4, -0.2) is 41.2 Å². The summed E-state index contributed by atoms with van der Waals surface area (Å²) in [5.41, 5.74) is 5.68. The van der Waals surface area contributed by atoms with Crippen LogP contribution in [-0.2, 0) is 4.74 Å². The summed E-state index contributed by atoms with van der Waals surface area (Å²) in [6.45, 7) is 4.36. The van der Waals surface area contributed by atoms with Gasteiger partial charge in [0.05, 0.1) is 12.2 Å². The van der Waals surface area contributed by atoms with Crippen LogP contribution in [0.5, 0.6) is 0 Å². The molecule has 1 saturated heterocycles. The summed E-state index contributed by atoms with van der Waals surface area (Å²) in [4.78, 5) is 6.90. The molecule has 0 aromatic carbocycles. The molecule has 1 saturated carbocycles. The highest BCUT2D eigenvalue weighted by Crippen LogP contribution is 2.39. The number of ether oxygens (including phenoxy) is 1. The molecule has 2 atom stereocenters. The molecule has 0 amide bonds. The lowest BCUT2D eigenvalue weighted by atomic mass is 10.2. The van der Waals surface area contributed by atoms with Crippen LogP contribution in [0.3, 0.4) is 0 Å². The molecule has 1 aliphatic carbocycles. The highest BCUT2D eigenvalue weighted by atomic mass is 32.1. The van der Waals surface area contributed by atoms with E-state index in [9.17, 15) is 0 Å². The van der Waals surface area contributed by atoms with Gasteiger partial charge in [-0.15, -0.1) is 0 Å². The Bertz CT molecular complexity index is 393. The van der Waals surface area contributed by atoms with Crippen molar-refractivity contribution in [2.24, 2.45) is 5.73 Å². The largest absolute Gasteiger partial charge is 0.370 e. The Labute approximate surface area is 105 Å². The van der Waals surface area contributed by atoms with Crippen LogP contribution < -0.4 is 10.6 Å². The standard InChI is InChI=1S/C11H18N4OS/c1-7-5-15(6-9(4-12)16-7)11-13-10(14-17-11)8-2-3-8/h7-9H,2-6,12H2,1H3. The van der Waals surface area contributed by atoms with E-state index in [-0.39, 0.29) is 12.2 Å². The number of aromatic nitrogens is 2. The Morgan fingerprint density at radius 2 is 2.29 bits per heavy atom. The van der Waals surface area contributed by atoms with Crippen LogP contribution in [0, 0.1) is 0 Å². The zero-order chi connectivity index (χ0) is 11.8. The number of nitrogens with zero attached hydrogens (tertiary/aromatic N) is 3. The molecular weight excluding hydrogens is 236 g/mol. The van der Waals surface area contributed by atoms with Gasteiger partial charge in [0.2, 0.25) is 5.13 Å². The third kappa shape index (κ3) is 2.43. The van der Waals surface area contributed by atoms with Crippen LogP contribution in [0.1, 0.15) is 31.5 Å². The second kappa shape index (κ2) is 4.51. The Morgan fingerprint density at radius 1 is 1.47 bits per heavy atom. The first-order valence-corrected chi connectivity index (χ1v) is 6.97. The van der Waals surface area contributed by atoms with Crippen LogP contribution in [0.15, 0.2) is 0 Å². The van der Waals surface area contributed by atoms with Gasteiger partial charge in [-0.3, -0.25) is 0 Å². The Hall–Kier alpha value is -0.720. The van der Waals surface area contributed by atoms with E-state index in [1.165, 1.54) is 24.4 Å². The molecule has 3 rings (SSSR count). The third-order valence-electron chi connectivity index (χ3n) is 3.23. The van der Waals surface area contributed by atoms with Gasteiger partial charge in [0, 0.05) is 37.1 Å². The molecule has 2 aliphatic rings. The molecule has 2 unspecified atom stereocenters. The van der Waals surface area contributed by atoms with E-state index in [1.807, 2.05) is 0 Å². The van der Waals surface area contributed by atoms with Gasteiger partial charge < -0.3 is 15.4 Å². The molecule has 2 N–H and O–H groups in total. The van der Waals surface area contributed by atoms with Crippen molar-refractivity contribution in [3.8, 4) is 0 Å². The van der Waals surface area contributed by atoms with Crippen molar-refractivity contribution in [3.63, 3.8) is 0 Å². The first kappa shape index (κ1) is 11.4. The summed E-state index contributed by atoms with van der Waals surface area (Å²) in [6, 6.07) is 0. The van der Waals surface area contributed by atoms with E-state index < -0.39 is 0 Å². The van der Waals surface area contributed by atoms with Crippen molar-refractivity contribution < 1.29 is 4.74 Å². The van der Waals surface area contributed by atoms with Gasteiger partial charge in [-0.05, 0) is 19.8 Å². The molecule has 2 heterocycles. The van der Waals surface area contributed by atoms with E-state index in [0.717, 1.165) is 24.0 Å². The fraction of sp³-hybridized carbons (Fsp3) is 0.818. The van der Waals surface area contributed by atoms with Gasteiger partial charge >= 0.3 is 0 Å². The molecule has 1 aliphatic heterocycles. The first-order valence-electron chi connectivity index (χ1n) is 6.20. The predicted octanol–water partition coefficient (Wildman–Crippen LogP) is 0.968. The molecule has 2 fully saturated rings. The van der Waals surface area contributed by atoms with E-state index >= 15 is 0 Å². The van der Waals surface area contributed by atoms with Crippen LogP contribution >= 0.6 is 11.5 Å². The minimum atomic E-state index is 0.118. The van der Waals surface area contributed by atoms with Gasteiger partial charge in [0.1, 0.15) is 5.82 Å². The monoisotopic (exact) mass is 254 g/mol. The fourth-order valence-electron chi connectivity index (χ4n) is 2.19. The second-order valence-electron chi connectivity index (χ2n) is 4.92. The van der Waals surface area contributed by atoms with E-state index in [4.69, 9.17) is 10.5 Å². The van der Waals surface area contributed by atoms with Crippen molar-refractivity contribution in [1.29, 1.82) is 0 Å². The van der Waals surface area contributed by atoms with Crippen LogP contribution in [0.2, 0.25) is 0 Å².